The summed E-state index contributed by atoms with van der Waals surface area (Å²) in [6.07, 6.45) is 1.39. The normalized spacial score (nSPS) is 21.2. The van der Waals surface area contributed by atoms with Gasteiger partial charge >= 0.3 is 5.97 Å². The number of hydrogen-bond acceptors (Lipinski definition) is 5. The van der Waals surface area contributed by atoms with Gasteiger partial charge in [-0.15, -0.1) is 0 Å². The lowest BCUT2D eigenvalue weighted by Crippen LogP contribution is -2.38. The molecule has 1 heterocycles. The van der Waals surface area contributed by atoms with Crippen LogP contribution in [0.4, 0.5) is 0 Å². The maximum Gasteiger partial charge on any atom is 0.335 e. The minimum absolute atomic E-state index is 0.0653. The number of rotatable bonds is 8. The van der Waals surface area contributed by atoms with Crippen molar-refractivity contribution < 1.29 is 23.8 Å². The second-order valence-electron chi connectivity index (χ2n) is 4.98. The van der Waals surface area contributed by atoms with Gasteiger partial charge in [0.25, 0.3) is 5.91 Å². The van der Waals surface area contributed by atoms with Crippen LogP contribution in [0.25, 0.3) is 0 Å². The smallest absolute Gasteiger partial charge is 0.335 e. The largest absolute Gasteiger partial charge is 0.451 e. The van der Waals surface area contributed by atoms with Crippen molar-refractivity contribution in [1.82, 2.24) is 5.32 Å². The zero-order chi connectivity index (χ0) is 15.0. The summed E-state index contributed by atoms with van der Waals surface area (Å²) >= 11 is 0. The molecule has 0 aromatic carbocycles. The third kappa shape index (κ3) is 5.88. The first-order chi connectivity index (χ1) is 9.54. The summed E-state index contributed by atoms with van der Waals surface area (Å²) in [5.41, 5.74) is 0. The summed E-state index contributed by atoms with van der Waals surface area (Å²) in [6, 6.07) is 0. The molecular weight excluding hydrogens is 262 g/mol. The number of esters is 1. The highest BCUT2D eigenvalue weighted by atomic mass is 16.6. The van der Waals surface area contributed by atoms with E-state index in [1.165, 1.54) is 0 Å². The topological polar surface area (TPSA) is 73.9 Å². The van der Waals surface area contributed by atoms with Crippen LogP contribution in [0.1, 0.15) is 40.0 Å². The van der Waals surface area contributed by atoms with Crippen molar-refractivity contribution >= 4 is 11.9 Å². The maximum atomic E-state index is 11.8. The maximum absolute atomic E-state index is 11.8. The van der Waals surface area contributed by atoms with Crippen LogP contribution in [0, 0.1) is 0 Å². The van der Waals surface area contributed by atoms with Crippen molar-refractivity contribution in [3.05, 3.63) is 0 Å². The fraction of sp³-hybridized carbons (Fsp3) is 0.857. The summed E-state index contributed by atoms with van der Waals surface area (Å²) < 4.78 is 15.9. The number of amides is 1. The summed E-state index contributed by atoms with van der Waals surface area (Å²) in [6.45, 7) is 6.83. The van der Waals surface area contributed by atoms with E-state index in [1.807, 2.05) is 6.92 Å². The van der Waals surface area contributed by atoms with Crippen LogP contribution < -0.4 is 5.32 Å². The van der Waals surface area contributed by atoms with E-state index in [0.717, 1.165) is 25.9 Å². The van der Waals surface area contributed by atoms with Gasteiger partial charge in [-0.25, -0.2) is 4.79 Å². The van der Waals surface area contributed by atoms with Gasteiger partial charge in [0, 0.05) is 13.2 Å². The van der Waals surface area contributed by atoms with E-state index in [1.54, 1.807) is 13.8 Å². The molecule has 3 unspecified atom stereocenters. The average molecular weight is 287 g/mol. The van der Waals surface area contributed by atoms with Gasteiger partial charge < -0.3 is 19.5 Å². The standard InChI is InChI=1S/C14H25NO5/c1-4-7-15-13(16)10(2)20-14(17)11(3)19-9-12-6-5-8-18-12/h10-12H,4-9H2,1-3H3,(H,15,16). The van der Waals surface area contributed by atoms with E-state index in [2.05, 4.69) is 5.32 Å². The second-order valence-corrected chi connectivity index (χ2v) is 4.98. The predicted molar refractivity (Wildman–Crippen MR) is 73.2 cm³/mol. The van der Waals surface area contributed by atoms with Gasteiger partial charge in [0.05, 0.1) is 12.7 Å². The molecule has 1 fully saturated rings. The highest BCUT2D eigenvalue weighted by Gasteiger charge is 2.24. The fourth-order valence-corrected chi connectivity index (χ4v) is 1.81. The molecular formula is C14H25NO5. The molecule has 116 valence electrons. The molecule has 6 nitrogen and oxygen atoms in total. The van der Waals surface area contributed by atoms with E-state index in [9.17, 15) is 9.59 Å². The molecule has 0 bridgehead atoms. The Hall–Kier alpha value is -1.14. The van der Waals surface area contributed by atoms with E-state index >= 15 is 0 Å². The predicted octanol–water partition coefficient (Wildman–Crippen LogP) is 1.03. The van der Waals surface area contributed by atoms with Crippen molar-refractivity contribution in [2.75, 3.05) is 19.8 Å². The van der Waals surface area contributed by atoms with Crippen LogP contribution in [0.15, 0.2) is 0 Å². The van der Waals surface area contributed by atoms with Crippen LogP contribution in [0.5, 0.6) is 0 Å². The quantitative estimate of drug-likeness (QED) is 0.675. The van der Waals surface area contributed by atoms with Gasteiger partial charge in [-0.3, -0.25) is 4.79 Å². The van der Waals surface area contributed by atoms with E-state index < -0.39 is 18.2 Å². The SMILES string of the molecule is CCCNC(=O)C(C)OC(=O)C(C)OCC1CCCO1. The first-order valence-corrected chi connectivity index (χ1v) is 7.26. The molecule has 0 aliphatic carbocycles. The summed E-state index contributed by atoms with van der Waals surface area (Å²) in [4.78, 5) is 23.3. The first-order valence-electron chi connectivity index (χ1n) is 7.26. The third-order valence-electron chi connectivity index (χ3n) is 3.10. The number of hydrogen-bond donors (Lipinski definition) is 1. The Labute approximate surface area is 120 Å². The van der Waals surface area contributed by atoms with Gasteiger partial charge in [-0.2, -0.15) is 0 Å². The van der Waals surface area contributed by atoms with Crippen LogP contribution in [-0.4, -0.2) is 49.9 Å². The Morgan fingerprint density at radius 1 is 1.35 bits per heavy atom. The molecule has 6 heteroatoms. The number of nitrogens with one attached hydrogen (secondary N) is 1. The Morgan fingerprint density at radius 2 is 2.10 bits per heavy atom. The van der Waals surface area contributed by atoms with Crippen LogP contribution in [-0.2, 0) is 23.8 Å². The third-order valence-corrected chi connectivity index (χ3v) is 3.10. The Balaban J connectivity index is 2.23. The molecule has 20 heavy (non-hydrogen) atoms. The van der Waals surface area contributed by atoms with Gasteiger partial charge in [-0.1, -0.05) is 6.92 Å². The average Bonchev–Trinajstić information content (AvgIpc) is 2.95. The summed E-state index contributed by atoms with van der Waals surface area (Å²) in [5, 5.41) is 2.68. The fourth-order valence-electron chi connectivity index (χ4n) is 1.81. The Bertz CT molecular complexity index is 315. The molecule has 0 aromatic heterocycles. The van der Waals surface area contributed by atoms with E-state index in [-0.39, 0.29) is 12.0 Å². The van der Waals surface area contributed by atoms with Gasteiger partial charge in [0.1, 0.15) is 0 Å². The molecule has 1 amide bonds. The van der Waals surface area contributed by atoms with Gasteiger partial charge in [-0.05, 0) is 33.1 Å². The second kappa shape index (κ2) is 8.92. The number of ether oxygens (including phenoxy) is 3. The minimum atomic E-state index is -0.803. The van der Waals surface area contributed by atoms with Gasteiger partial charge in [0.15, 0.2) is 12.2 Å². The summed E-state index contributed by atoms with van der Waals surface area (Å²) in [5.74, 6) is -0.811. The van der Waals surface area contributed by atoms with Crippen LogP contribution in [0.3, 0.4) is 0 Å². The zero-order valence-electron chi connectivity index (χ0n) is 12.5. The molecule has 0 aromatic rings. The molecule has 0 radical (unpaired) electrons. The number of carbonyl (C=O) groups excluding carboxylic acids is 2. The molecule has 1 N–H and O–H groups in total. The number of carbonyl (C=O) groups is 2. The lowest BCUT2D eigenvalue weighted by Gasteiger charge is -2.18. The molecule has 1 rings (SSSR count). The monoisotopic (exact) mass is 287 g/mol. The van der Waals surface area contributed by atoms with Crippen LogP contribution >= 0.6 is 0 Å². The molecule has 1 aliphatic heterocycles. The highest BCUT2D eigenvalue weighted by molar-refractivity contribution is 5.84. The van der Waals surface area contributed by atoms with Crippen molar-refractivity contribution in [1.29, 1.82) is 0 Å². The Morgan fingerprint density at radius 3 is 2.70 bits per heavy atom. The summed E-state index contributed by atoms with van der Waals surface area (Å²) in [7, 11) is 0. The van der Waals surface area contributed by atoms with E-state index in [4.69, 9.17) is 14.2 Å². The molecule has 1 saturated heterocycles. The van der Waals surface area contributed by atoms with Crippen molar-refractivity contribution in [3.63, 3.8) is 0 Å². The van der Waals surface area contributed by atoms with Crippen molar-refractivity contribution in [3.8, 4) is 0 Å². The van der Waals surface area contributed by atoms with Gasteiger partial charge in [0.2, 0.25) is 0 Å². The highest BCUT2D eigenvalue weighted by Crippen LogP contribution is 2.13. The van der Waals surface area contributed by atoms with Crippen LogP contribution in [0.2, 0.25) is 0 Å². The lowest BCUT2D eigenvalue weighted by atomic mass is 10.2. The van der Waals surface area contributed by atoms with Crippen molar-refractivity contribution in [2.24, 2.45) is 0 Å². The van der Waals surface area contributed by atoms with Crippen molar-refractivity contribution in [2.45, 2.75) is 58.3 Å². The lowest BCUT2D eigenvalue weighted by molar-refractivity contribution is -0.166. The zero-order valence-corrected chi connectivity index (χ0v) is 12.5. The minimum Gasteiger partial charge on any atom is -0.451 e. The first kappa shape index (κ1) is 16.9. The molecule has 0 spiro atoms. The molecule has 0 saturated carbocycles. The Kier molecular flexibility index (Phi) is 7.54. The van der Waals surface area contributed by atoms with E-state index in [0.29, 0.717) is 13.2 Å². The molecule has 1 aliphatic rings. The molecule has 3 atom stereocenters.